The second-order valence-electron chi connectivity index (χ2n) is 9.00. The third kappa shape index (κ3) is 4.85. The van der Waals surface area contributed by atoms with Crippen LogP contribution in [0.4, 0.5) is 0 Å². The minimum absolute atomic E-state index is 0.185. The molecule has 1 amide bonds. The maximum atomic E-state index is 12.4. The number of carbonyl (C=O) groups is 1. The number of amides is 1. The molecule has 2 aliphatic rings. The molecule has 5 rings (SSSR count). The Morgan fingerprint density at radius 3 is 2.22 bits per heavy atom. The predicted molar refractivity (Wildman–Crippen MR) is 126 cm³/mol. The molecule has 0 N–H and O–H groups in total. The van der Waals surface area contributed by atoms with Gasteiger partial charge in [0.25, 0.3) is 0 Å². The molecule has 1 aliphatic carbocycles. The Morgan fingerprint density at radius 1 is 0.875 bits per heavy atom. The molecule has 2 heterocycles. The monoisotopic (exact) mass is 426 g/mol. The van der Waals surface area contributed by atoms with Crippen LogP contribution in [0.2, 0.25) is 0 Å². The number of ether oxygens (including phenoxy) is 1. The fourth-order valence-corrected chi connectivity index (χ4v) is 4.53. The number of nitrogens with zero attached hydrogens (tertiary/aromatic N) is 2. The van der Waals surface area contributed by atoms with Crippen molar-refractivity contribution in [2.45, 2.75) is 44.6 Å². The van der Waals surface area contributed by atoms with Crippen LogP contribution in [0.1, 0.15) is 43.4 Å². The van der Waals surface area contributed by atoms with Gasteiger partial charge >= 0.3 is 0 Å². The van der Waals surface area contributed by atoms with Gasteiger partial charge in [-0.1, -0.05) is 55.0 Å². The van der Waals surface area contributed by atoms with E-state index in [-0.39, 0.29) is 6.10 Å². The molecule has 4 nitrogen and oxygen atoms in total. The first-order chi connectivity index (χ1) is 15.7. The highest BCUT2D eigenvalue weighted by Crippen LogP contribution is 2.30. The molecule has 32 heavy (non-hydrogen) atoms. The van der Waals surface area contributed by atoms with Crippen LogP contribution < -0.4 is 4.74 Å². The van der Waals surface area contributed by atoms with Gasteiger partial charge in [0, 0.05) is 55.7 Å². The zero-order chi connectivity index (χ0) is 21.8. The fourth-order valence-electron chi connectivity index (χ4n) is 4.53. The van der Waals surface area contributed by atoms with Crippen molar-refractivity contribution in [2.75, 3.05) is 13.1 Å². The van der Waals surface area contributed by atoms with Crippen LogP contribution in [0.25, 0.3) is 11.1 Å². The number of carbonyl (C=O) groups excluding carboxylic acids is 1. The fraction of sp³-hybridized carbons (Fsp3) is 0.357. The number of aromatic nitrogens is 1. The minimum atomic E-state index is 0.185. The van der Waals surface area contributed by atoms with Crippen molar-refractivity contribution in [2.24, 2.45) is 5.92 Å². The summed E-state index contributed by atoms with van der Waals surface area (Å²) in [6.45, 7) is 1.64. The minimum Gasteiger partial charge on any atom is -0.490 e. The van der Waals surface area contributed by atoms with E-state index >= 15 is 0 Å². The maximum absolute atomic E-state index is 12.4. The molecule has 0 atom stereocenters. The molecule has 1 saturated heterocycles. The molecular formula is C28H30N2O2. The molecule has 0 spiro atoms. The summed E-state index contributed by atoms with van der Waals surface area (Å²) in [5.74, 6) is 1.55. The second kappa shape index (κ2) is 9.56. The van der Waals surface area contributed by atoms with E-state index in [1.807, 2.05) is 29.3 Å². The average molecular weight is 427 g/mol. The molecule has 0 unspecified atom stereocenters. The maximum Gasteiger partial charge on any atom is 0.225 e. The van der Waals surface area contributed by atoms with Gasteiger partial charge in [0.05, 0.1) is 0 Å². The van der Waals surface area contributed by atoms with Crippen molar-refractivity contribution in [1.29, 1.82) is 0 Å². The van der Waals surface area contributed by atoms with Gasteiger partial charge in [-0.15, -0.1) is 0 Å². The molecule has 2 fully saturated rings. The van der Waals surface area contributed by atoms with Crippen LogP contribution in [-0.4, -0.2) is 35.0 Å². The lowest BCUT2D eigenvalue weighted by atomic mass is 9.84. The molecule has 1 aliphatic heterocycles. The van der Waals surface area contributed by atoms with E-state index < -0.39 is 0 Å². The average Bonchev–Trinajstić information content (AvgIpc) is 2.80. The number of pyridine rings is 1. The highest BCUT2D eigenvalue weighted by Gasteiger charge is 2.32. The van der Waals surface area contributed by atoms with Crippen LogP contribution in [0, 0.1) is 5.92 Å². The van der Waals surface area contributed by atoms with Gasteiger partial charge in [0.1, 0.15) is 11.9 Å². The first-order valence-electron chi connectivity index (χ1n) is 11.8. The summed E-state index contributed by atoms with van der Waals surface area (Å²) in [6, 6.07) is 22.9. The van der Waals surface area contributed by atoms with E-state index in [2.05, 4.69) is 53.5 Å². The highest BCUT2D eigenvalue weighted by molar-refractivity contribution is 5.79. The molecule has 4 heteroatoms. The molecule has 1 aromatic heterocycles. The Kier molecular flexibility index (Phi) is 6.20. The van der Waals surface area contributed by atoms with Crippen molar-refractivity contribution >= 4 is 5.91 Å². The summed E-state index contributed by atoms with van der Waals surface area (Å²) in [5, 5.41) is 0. The van der Waals surface area contributed by atoms with Crippen molar-refractivity contribution in [3.8, 4) is 16.9 Å². The summed E-state index contributed by atoms with van der Waals surface area (Å²) < 4.78 is 6.21. The van der Waals surface area contributed by atoms with Crippen molar-refractivity contribution in [3.63, 3.8) is 0 Å². The van der Waals surface area contributed by atoms with Gasteiger partial charge in [-0.25, -0.2) is 0 Å². The highest BCUT2D eigenvalue weighted by atomic mass is 16.5. The number of rotatable bonds is 6. The lowest BCUT2D eigenvalue weighted by molar-refractivity contribution is -0.140. The number of likely N-dealkylation sites (tertiary alicyclic amines) is 1. The Labute approximate surface area is 190 Å². The second-order valence-corrected chi connectivity index (χ2v) is 9.00. The molecule has 2 aromatic carbocycles. The number of hydrogen-bond acceptors (Lipinski definition) is 3. The third-order valence-corrected chi connectivity index (χ3v) is 6.75. The molecule has 0 bridgehead atoms. The first kappa shape index (κ1) is 20.7. The molecule has 1 saturated carbocycles. The number of hydrogen-bond donors (Lipinski definition) is 0. The van der Waals surface area contributed by atoms with Crippen molar-refractivity contribution in [1.82, 2.24) is 9.88 Å². The predicted octanol–water partition coefficient (Wildman–Crippen LogP) is 5.51. The van der Waals surface area contributed by atoms with Gasteiger partial charge < -0.3 is 9.64 Å². The zero-order valence-electron chi connectivity index (χ0n) is 18.5. The Morgan fingerprint density at radius 2 is 1.59 bits per heavy atom. The SMILES string of the molecule is O=C(C1CCC1)N1CCC(Oc2ccc(-c3ccc(Cc4ccccc4)nc3)cc2)CC1. The van der Waals surface area contributed by atoms with Crippen molar-refractivity contribution < 1.29 is 9.53 Å². The summed E-state index contributed by atoms with van der Waals surface area (Å²) in [5.41, 5.74) is 4.59. The number of piperidine rings is 1. The topological polar surface area (TPSA) is 42.4 Å². The van der Waals surface area contributed by atoms with Crippen LogP contribution in [0.15, 0.2) is 72.9 Å². The summed E-state index contributed by atoms with van der Waals surface area (Å²) in [7, 11) is 0. The molecule has 164 valence electrons. The van der Waals surface area contributed by atoms with Gasteiger partial charge in [-0.3, -0.25) is 9.78 Å². The van der Waals surface area contributed by atoms with Crippen LogP contribution in [-0.2, 0) is 11.2 Å². The molecule has 0 radical (unpaired) electrons. The van der Waals surface area contributed by atoms with Gasteiger partial charge in [-0.2, -0.15) is 0 Å². The van der Waals surface area contributed by atoms with Crippen LogP contribution in [0.5, 0.6) is 5.75 Å². The standard InChI is InChI=1S/C28H30N2O2/c31-28(23-7-4-8-23)30-17-15-27(16-18-30)32-26-13-10-22(11-14-26)24-9-12-25(29-20-24)19-21-5-2-1-3-6-21/h1-3,5-6,9-14,20,23,27H,4,7-8,15-19H2. The lowest BCUT2D eigenvalue weighted by Crippen LogP contribution is -2.45. The van der Waals surface area contributed by atoms with Crippen LogP contribution >= 0.6 is 0 Å². The zero-order valence-corrected chi connectivity index (χ0v) is 18.5. The Balaban J connectivity index is 1.14. The Bertz CT molecular complexity index is 1020. The lowest BCUT2D eigenvalue weighted by Gasteiger charge is -2.36. The van der Waals surface area contributed by atoms with Crippen molar-refractivity contribution in [3.05, 3.63) is 84.2 Å². The number of benzene rings is 2. The van der Waals surface area contributed by atoms with E-state index in [9.17, 15) is 4.79 Å². The third-order valence-electron chi connectivity index (χ3n) is 6.75. The normalized spacial score (nSPS) is 17.1. The molecule has 3 aromatic rings. The van der Waals surface area contributed by atoms with E-state index in [0.29, 0.717) is 11.8 Å². The van der Waals surface area contributed by atoms with E-state index in [1.165, 1.54) is 12.0 Å². The summed E-state index contributed by atoms with van der Waals surface area (Å²) in [4.78, 5) is 19.1. The van der Waals surface area contributed by atoms with E-state index in [0.717, 1.165) is 67.8 Å². The smallest absolute Gasteiger partial charge is 0.225 e. The summed E-state index contributed by atoms with van der Waals surface area (Å²) >= 11 is 0. The van der Waals surface area contributed by atoms with E-state index in [4.69, 9.17) is 4.74 Å². The van der Waals surface area contributed by atoms with Crippen LogP contribution in [0.3, 0.4) is 0 Å². The summed E-state index contributed by atoms with van der Waals surface area (Å²) in [6.07, 6.45) is 8.16. The Hall–Kier alpha value is -3.14. The van der Waals surface area contributed by atoms with Gasteiger partial charge in [0.2, 0.25) is 5.91 Å². The first-order valence-corrected chi connectivity index (χ1v) is 11.8. The van der Waals surface area contributed by atoms with Gasteiger partial charge in [0.15, 0.2) is 0 Å². The van der Waals surface area contributed by atoms with Gasteiger partial charge in [-0.05, 0) is 42.2 Å². The molecular weight excluding hydrogens is 396 g/mol. The quantitative estimate of drug-likeness (QED) is 0.522. The largest absolute Gasteiger partial charge is 0.490 e. The van der Waals surface area contributed by atoms with E-state index in [1.54, 1.807) is 0 Å².